The van der Waals surface area contributed by atoms with Crippen molar-refractivity contribution in [3.8, 4) is 5.75 Å². The zero-order valence-electron chi connectivity index (χ0n) is 15.1. The van der Waals surface area contributed by atoms with Crippen LogP contribution in [0.1, 0.15) is 13.8 Å². The van der Waals surface area contributed by atoms with Gasteiger partial charge < -0.3 is 14.8 Å². The minimum Gasteiger partial charge on any atom is -0.481 e. The molecule has 0 unspecified atom stereocenters. The van der Waals surface area contributed by atoms with E-state index in [1.54, 1.807) is 12.1 Å². The first kappa shape index (κ1) is 20.5. The number of imide groups is 1. The molecule has 2 aromatic carbocycles. The molecule has 0 aliphatic carbocycles. The maximum absolute atomic E-state index is 11.8. The molecule has 2 N–H and O–H groups in total. The molecule has 0 radical (unpaired) electrons. The van der Waals surface area contributed by atoms with Gasteiger partial charge in [-0.1, -0.05) is 49.7 Å². The second-order valence-corrected chi connectivity index (χ2v) is 6.60. The maximum Gasteiger partial charge on any atom is 0.344 e. The third kappa shape index (κ3) is 6.45. The van der Waals surface area contributed by atoms with E-state index in [4.69, 9.17) is 21.1 Å². The molecular formula is C19H21ClN2O5. The van der Waals surface area contributed by atoms with Gasteiger partial charge in [0.1, 0.15) is 5.75 Å². The number of hydrogen-bond acceptors (Lipinski definition) is 5. The highest BCUT2D eigenvalue weighted by molar-refractivity contribution is 6.35. The Morgan fingerprint density at radius 1 is 1.04 bits per heavy atom. The van der Waals surface area contributed by atoms with E-state index in [0.29, 0.717) is 17.3 Å². The van der Waals surface area contributed by atoms with Crippen LogP contribution in [0.4, 0.5) is 4.79 Å². The quantitative estimate of drug-likeness (QED) is 0.706. The molecule has 2 rings (SSSR count). The van der Waals surface area contributed by atoms with E-state index in [-0.39, 0.29) is 12.5 Å². The Morgan fingerprint density at radius 2 is 1.74 bits per heavy atom. The van der Waals surface area contributed by atoms with E-state index in [1.165, 1.54) is 0 Å². The van der Waals surface area contributed by atoms with Crippen LogP contribution in [0.3, 0.4) is 0 Å². The number of ether oxygens (including phenoxy) is 2. The molecule has 0 aliphatic heterocycles. The van der Waals surface area contributed by atoms with Crippen LogP contribution >= 0.6 is 11.6 Å². The topological polar surface area (TPSA) is 93.7 Å². The molecule has 0 aliphatic rings. The Bertz CT molecular complexity index is 838. The Balaban J connectivity index is 1.79. The minimum atomic E-state index is -0.730. The Morgan fingerprint density at radius 3 is 2.44 bits per heavy atom. The number of halogens is 1. The van der Waals surface area contributed by atoms with Gasteiger partial charge in [0, 0.05) is 22.3 Å². The van der Waals surface area contributed by atoms with E-state index in [2.05, 4.69) is 10.6 Å². The zero-order chi connectivity index (χ0) is 19.8. The third-order valence-corrected chi connectivity index (χ3v) is 3.79. The molecule has 8 heteroatoms. The molecular weight excluding hydrogens is 372 g/mol. The van der Waals surface area contributed by atoms with Crippen LogP contribution in [-0.4, -0.2) is 37.7 Å². The van der Waals surface area contributed by atoms with Crippen molar-refractivity contribution in [2.45, 2.75) is 13.8 Å². The summed E-state index contributed by atoms with van der Waals surface area (Å²) in [4.78, 5) is 34.8. The largest absolute Gasteiger partial charge is 0.481 e. The van der Waals surface area contributed by atoms with Gasteiger partial charge in [-0.3, -0.25) is 10.1 Å². The van der Waals surface area contributed by atoms with E-state index in [0.717, 1.165) is 10.8 Å². The van der Waals surface area contributed by atoms with Crippen molar-refractivity contribution in [2.75, 3.05) is 19.8 Å². The number of esters is 1. The summed E-state index contributed by atoms with van der Waals surface area (Å²) in [5, 5.41) is 6.74. The lowest BCUT2D eigenvalue weighted by Gasteiger charge is -2.11. The number of amides is 3. The molecule has 0 aromatic heterocycles. The first-order valence-corrected chi connectivity index (χ1v) is 8.78. The van der Waals surface area contributed by atoms with Crippen molar-refractivity contribution in [3.63, 3.8) is 0 Å². The predicted molar refractivity (Wildman–Crippen MR) is 102 cm³/mol. The fraction of sp³-hybridized carbons (Fsp3) is 0.316. The monoisotopic (exact) mass is 392 g/mol. The zero-order valence-corrected chi connectivity index (χ0v) is 15.8. The van der Waals surface area contributed by atoms with Crippen LogP contribution in [-0.2, 0) is 14.3 Å². The molecule has 27 heavy (non-hydrogen) atoms. The summed E-state index contributed by atoms with van der Waals surface area (Å²) in [6.07, 6.45) is 0. The van der Waals surface area contributed by atoms with Gasteiger partial charge in [0.05, 0.1) is 0 Å². The van der Waals surface area contributed by atoms with Crippen molar-refractivity contribution >= 4 is 40.3 Å². The summed E-state index contributed by atoms with van der Waals surface area (Å²) in [6.45, 7) is 3.33. The van der Waals surface area contributed by atoms with E-state index in [1.807, 2.05) is 38.1 Å². The standard InChI is InChI=1S/C19H21ClN2O5/c1-12(2)9-21-19(25)22-17(23)10-27-18(24)11-26-16-8-7-15(20)13-5-3-4-6-14(13)16/h3-8,12H,9-11H2,1-2H3,(H2,21,22,23,25). The van der Waals surface area contributed by atoms with Gasteiger partial charge >= 0.3 is 12.0 Å². The van der Waals surface area contributed by atoms with Crippen LogP contribution in [0, 0.1) is 5.92 Å². The lowest BCUT2D eigenvalue weighted by atomic mass is 10.1. The molecule has 0 saturated carbocycles. The lowest BCUT2D eigenvalue weighted by Crippen LogP contribution is -2.42. The molecule has 0 heterocycles. The normalized spacial score (nSPS) is 10.5. The number of fused-ring (bicyclic) bond motifs is 1. The molecule has 0 saturated heterocycles. The molecule has 3 amide bonds. The van der Waals surface area contributed by atoms with E-state index >= 15 is 0 Å². The summed E-state index contributed by atoms with van der Waals surface area (Å²) in [6, 6.07) is 10.1. The smallest absolute Gasteiger partial charge is 0.344 e. The number of rotatable bonds is 7. The molecule has 144 valence electrons. The fourth-order valence-electron chi connectivity index (χ4n) is 2.19. The maximum atomic E-state index is 11.8. The van der Waals surface area contributed by atoms with Crippen LogP contribution < -0.4 is 15.4 Å². The molecule has 0 atom stereocenters. The second-order valence-electron chi connectivity index (χ2n) is 6.19. The number of hydrogen-bond donors (Lipinski definition) is 2. The highest BCUT2D eigenvalue weighted by Gasteiger charge is 2.12. The molecule has 0 spiro atoms. The van der Waals surface area contributed by atoms with Gasteiger partial charge in [0.25, 0.3) is 5.91 Å². The first-order valence-electron chi connectivity index (χ1n) is 8.40. The van der Waals surface area contributed by atoms with Crippen LogP contribution in [0.15, 0.2) is 36.4 Å². The van der Waals surface area contributed by atoms with Crippen molar-refractivity contribution in [3.05, 3.63) is 41.4 Å². The number of benzene rings is 2. The van der Waals surface area contributed by atoms with Crippen molar-refractivity contribution in [2.24, 2.45) is 5.92 Å². The number of urea groups is 1. The fourth-order valence-corrected chi connectivity index (χ4v) is 2.42. The van der Waals surface area contributed by atoms with Gasteiger partial charge in [0.2, 0.25) is 0 Å². The molecule has 0 bridgehead atoms. The SMILES string of the molecule is CC(C)CNC(=O)NC(=O)COC(=O)COc1ccc(Cl)c2ccccc12. The van der Waals surface area contributed by atoms with Gasteiger partial charge in [-0.2, -0.15) is 0 Å². The van der Waals surface area contributed by atoms with Crippen molar-refractivity contribution in [1.29, 1.82) is 0 Å². The minimum absolute atomic E-state index is 0.254. The number of carbonyl (C=O) groups is 3. The lowest BCUT2D eigenvalue weighted by molar-refractivity contribution is -0.150. The Hall–Kier alpha value is -2.80. The van der Waals surface area contributed by atoms with Gasteiger partial charge in [-0.25, -0.2) is 9.59 Å². The van der Waals surface area contributed by atoms with Crippen molar-refractivity contribution < 1.29 is 23.9 Å². The van der Waals surface area contributed by atoms with Gasteiger partial charge in [-0.15, -0.1) is 0 Å². The van der Waals surface area contributed by atoms with Crippen molar-refractivity contribution in [1.82, 2.24) is 10.6 Å². The first-order chi connectivity index (χ1) is 12.9. The van der Waals surface area contributed by atoms with E-state index < -0.39 is 24.5 Å². The van der Waals surface area contributed by atoms with Crippen LogP contribution in [0.25, 0.3) is 10.8 Å². The highest BCUT2D eigenvalue weighted by Crippen LogP contribution is 2.31. The Kier molecular flexibility index (Phi) is 7.43. The highest BCUT2D eigenvalue weighted by atomic mass is 35.5. The predicted octanol–water partition coefficient (Wildman–Crippen LogP) is 2.90. The van der Waals surface area contributed by atoms with Gasteiger partial charge in [-0.05, 0) is 18.1 Å². The molecule has 7 nitrogen and oxygen atoms in total. The number of carbonyl (C=O) groups excluding carboxylic acids is 3. The van der Waals surface area contributed by atoms with Crippen LogP contribution in [0.2, 0.25) is 5.02 Å². The van der Waals surface area contributed by atoms with E-state index in [9.17, 15) is 14.4 Å². The summed E-state index contributed by atoms with van der Waals surface area (Å²) < 4.78 is 10.3. The number of nitrogens with one attached hydrogen (secondary N) is 2. The molecule has 0 fully saturated rings. The van der Waals surface area contributed by atoms with Crippen LogP contribution in [0.5, 0.6) is 5.75 Å². The summed E-state index contributed by atoms with van der Waals surface area (Å²) in [5.41, 5.74) is 0. The Labute approximate surface area is 162 Å². The average Bonchev–Trinajstić information content (AvgIpc) is 2.64. The molecule has 2 aromatic rings. The summed E-state index contributed by atoms with van der Waals surface area (Å²) in [7, 11) is 0. The van der Waals surface area contributed by atoms with Gasteiger partial charge in [0.15, 0.2) is 13.2 Å². The third-order valence-electron chi connectivity index (χ3n) is 3.46. The average molecular weight is 393 g/mol. The summed E-state index contributed by atoms with van der Waals surface area (Å²) >= 11 is 6.13. The summed E-state index contributed by atoms with van der Waals surface area (Å²) in [5.74, 6) is -0.720. The second kappa shape index (κ2) is 9.78.